The number of nitrogens with one attached hydrogen (secondary N) is 2. The number of rotatable bonds is 7. The van der Waals surface area contributed by atoms with E-state index < -0.39 is 0 Å². The highest BCUT2D eigenvalue weighted by atomic mass is 16.5. The lowest BCUT2D eigenvalue weighted by Crippen LogP contribution is -2.37. The van der Waals surface area contributed by atoms with Gasteiger partial charge in [-0.05, 0) is 26.6 Å². The molecule has 1 aliphatic heterocycles. The maximum atomic E-state index is 5.32. The minimum Gasteiger partial charge on any atom is -0.378 e. The Bertz CT molecular complexity index is 351. The lowest BCUT2D eigenvalue weighted by Gasteiger charge is -2.26. The fourth-order valence-electron chi connectivity index (χ4n) is 1.99. The van der Waals surface area contributed by atoms with Crippen LogP contribution in [0.5, 0.6) is 0 Å². The third-order valence-electron chi connectivity index (χ3n) is 3.10. The van der Waals surface area contributed by atoms with Crippen LogP contribution in [0.15, 0.2) is 12.4 Å². The second-order valence-electron chi connectivity index (χ2n) is 4.62. The molecular formula is C13H23N5O. The molecule has 1 fully saturated rings. The van der Waals surface area contributed by atoms with Crippen LogP contribution in [0.3, 0.4) is 0 Å². The monoisotopic (exact) mass is 265 g/mol. The minimum atomic E-state index is 0.762. The zero-order valence-corrected chi connectivity index (χ0v) is 11.6. The Hall–Kier alpha value is -1.24. The molecule has 1 aromatic rings. The van der Waals surface area contributed by atoms with Crippen molar-refractivity contribution in [3.05, 3.63) is 18.0 Å². The fourth-order valence-corrected chi connectivity index (χ4v) is 1.99. The molecule has 0 amide bonds. The molecule has 19 heavy (non-hydrogen) atoms. The molecule has 0 radical (unpaired) electrons. The Balaban J connectivity index is 1.74. The summed E-state index contributed by atoms with van der Waals surface area (Å²) in [4.78, 5) is 11.0. The molecule has 0 saturated carbocycles. The van der Waals surface area contributed by atoms with E-state index in [0.717, 1.165) is 63.9 Å². The molecule has 6 nitrogen and oxygen atoms in total. The second-order valence-corrected chi connectivity index (χ2v) is 4.62. The van der Waals surface area contributed by atoms with E-state index in [2.05, 4.69) is 25.5 Å². The van der Waals surface area contributed by atoms with Crippen molar-refractivity contribution in [2.24, 2.45) is 0 Å². The minimum absolute atomic E-state index is 0.762. The van der Waals surface area contributed by atoms with Gasteiger partial charge in [0.15, 0.2) is 0 Å². The molecule has 1 aromatic heterocycles. The first-order valence-corrected chi connectivity index (χ1v) is 6.89. The summed E-state index contributed by atoms with van der Waals surface area (Å²) < 4.78 is 5.32. The number of anilines is 1. The van der Waals surface area contributed by atoms with Gasteiger partial charge in [-0.2, -0.15) is 0 Å². The SMILES string of the molecule is CNCCCNCc1cnc(N2CCOCC2)nc1. The van der Waals surface area contributed by atoms with Crippen molar-refractivity contribution in [3.8, 4) is 0 Å². The normalized spacial score (nSPS) is 15.7. The number of aromatic nitrogens is 2. The van der Waals surface area contributed by atoms with Gasteiger partial charge in [0, 0.05) is 37.6 Å². The van der Waals surface area contributed by atoms with Crippen molar-refractivity contribution in [1.82, 2.24) is 20.6 Å². The van der Waals surface area contributed by atoms with Crippen LogP contribution in [-0.4, -0.2) is 56.4 Å². The molecule has 0 spiro atoms. The lowest BCUT2D eigenvalue weighted by atomic mass is 10.3. The summed E-state index contributed by atoms with van der Waals surface area (Å²) in [7, 11) is 1.97. The van der Waals surface area contributed by atoms with E-state index in [9.17, 15) is 0 Å². The Morgan fingerprint density at radius 2 is 1.95 bits per heavy atom. The average molecular weight is 265 g/mol. The van der Waals surface area contributed by atoms with E-state index in [4.69, 9.17) is 4.74 Å². The maximum Gasteiger partial charge on any atom is 0.225 e. The van der Waals surface area contributed by atoms with Gasteiger partial charge in [0.25, 0.3) is 0 Å². The summed E-state index contributed by atoms with van der Waals surface area (Å²) in [5, 5.41) is 6.51. The first-order chi connectivity index (χ1) is 9.40. The number of hydrogen-bond acceptors (Lipinski definition) is 6. The molecule has 0 aliphatic carbocycles. The van der Waals surface area contributed by atoms with Crippen molar-refractivity contribution in [2.45, 2.75) is 13.0 Å². The Morgan fingerprint density at radius 1 is 1.21 bits per heavy atom. The molecule has 106 valence electrons. The van der Waals surface area contributed by atoms with Crippen molar-refractivity contribution >= 4 is 5.95 Å². The molecule has 1 aliphatic rings. The molecule has 6 heteroatoms. The molecule has 0 unspecified atom stereocenters. The zero-order chi connectivity index (χ0) is 13.3. The third-order valence-corrected chi connectivity index (χ3v) is 3.10. The van der Waals surface area contributed by atoms with E-state index >= 15 is 0 Å². The summed E-state index contributed by atoms with van der Waals surface area (Å²) in [5.41, 5.74) is 1.13. The van der Waals surface area contributed by atoms with Crippen LogP contribution in [0.4, 0.5) is 5.95 Å². The van der Waals surface area contributed by atoms with E-state index in [0.29, 0.717) is 0 Å². The van der Waals surface area contributed by atoms with Gasteiger partial charge in [-0.15, -0.1) is 0 Å². The second kappa shape index (κ2) is 8.04. The third kappa shape index (κ3) is 4.74. The first-order valence-electron chi connectivity index (χ1n) is 6.89. The molecular weight excluding hydrogens is 242 g/mol. The van der Waals surface area contributed by atoms with Crippen LogP contribution >= 0.6 is 0 Å². The van der Waals surface area contributed by atoms with Gasteiger partial charge >= 0.3 is 0 Å². The molecule has 0 aromatic carbocycles. The number of ether oxygens (including phenoxy) is 1. The van der Waals surface area contributed by atoms with Gasteiger partial charge in [0.1, 0.15) is 0 Å². The van der Waals surface area contributed by atoms with Gasteiger partial charge in [0.05, 0.1) is 13.2 Å². The number of morpholine rings is 1. The number of nitrogens with zero attached hydrogens (tertiary/aromatic N) is 3. The average Bonchev–Trinajstić information content (AvgIpc) is 2.49. The highest BCUT2D eigenvalue weighted by Gasteiger charge is 2.13. The van der Waals surface area contributed by atoms with Gasteiger partial charge in [-0.1, -0.05) is 0 Å². The van der Waals surface area contributed by atoms with Crippen molar-refractivity contribution in [3.63, 3.8) is 0 Å². The van der Waals surface area contributed by atoms with Gasteiger partial charge in [-0.3, -0.25) is 0 Å². The van der Waals surface area contributed by atoms with Gasteiger partial charge in [-0.25, -0.2) is 9.97 Å². The predicted octanol–water partition coefficient (Wildman–Crippen LogP) is 0.0123. The Kier molecular flexibility index (Phi) is 6.00. The smallest absolute Gasteiger partial charge is 0.225 e. The van der Waals surface area contributed by atoms with Crippen LogP contribution in [-0.2, 0) is 11.3 Å². The van der Waals surface area contributed by atoms with Crippen LogP contribution in [0.25, 0.3) is 0 Å². The van der Waals surface area contributed by atoms with Crippen LogP contribution < -0.4 is 15.5 Å². The highest BCUT2D eigenvalue weighted by Crippen LogP contribution is 2.09. The Labute approximate surface area is 114 Å². The van der Waals surface area contributed by atoms with E-state index in [-0.39, 0.29) is 0 Å². The van der Waals surface area contributed by atoms with Crippen LogP contribution in [0, 0.1) is 0 Å². The largest absolute Gasteiger partial charge is 0.378 e. The van der Waals surface area contributed by atoms with E-state index in [1.54, 1.807) is 0 Å². The zero-order valence-electron chi connectivity index (χ0n) is 11.6. The van der Waals surface area contributed by atoms with Crippen molar-refractivity contribution in [1.29, 1.82) is 0 Å². The summed E-state index contributed by atoms with van der Waals surface area (Å²) in [6.07, 6.45) is 4.94. The molecule has 0 atom stereocenters. The first kappa shape index (κ1) is 14.2. The highest BCUT2D eigenvalue weighted by molar-refractivity contribution is 5.30. The molecule has 0 bridgehead atoms. The van der Waals surface area contributed by atoms with Crippen LogP contribution in [0.2, 0.25) is 0 Å². The van der Waals surface area contributed by atoms with E-state index in [1.807, 2.05) is 19.4 Å². The summed E-state index contributed by atoms with van der Waals surface area (Å²) in [5.74, 6) is 0.808. The lowest BCUT2D eigenvalue weighted by molar-refractivity contribution is 0.122. The summed E-state index contributed by atoms with van der Waals surface area (Å²) in [6, 6.07) is 0. The molecule has 2 N–H and O–H groups in total. The molecule has 2 heterocycles. The predicted molar refractivity (Wildman–Crippen MR) is 75.3 cm³/mol. The quantitative estimate of drug-likeness (QED) is 0.677. The van der Waals surface area contributed by atoms with Gasteiger partial charge in [0.2, 0.25) is 5.95 Å². The fraction of sp³-hybridized carbons (Fsp3) is 0.692. The number of hydrogen-bond donors (Lipinski definition) is 2. The Morgan fingerprint density at radius 3 is 2.63 bits per heavy atom. The molecule has 1 saturated heterocycles. The summed E-state index contributed by atoms with van der Waals surface area (Å²) in [6.45, 7) is 6.15. The van der Waals surface area contributed by atoms with Gasteiger partial charge < -0.3 is 20.3 Å². The standard InChI is InChI=1S/C13H23N5O/c1-14-3-2-4-15-9-12-10-16-13(17-11-12)18-5-7-19-8-6-18/h10-11,14-15H,2-9H2,1H3. The van der Waals surface area contributed by atoms with Crippen molar-refractivity contribution < 1.29 is 4.74 Å². The van der Waals surface area contributed by atoms with E-state index in [1.165, 1.54) is 0 Å². The van der Waals surface area contributed by atoms with Crippen molar-refractivity contribution in [2.75, 3.05) is 51.3 Å². The topological polar surface area (TPSA) is 62.3 Å². The van der Waals surface area contributed by atoms with Crippen LogP contribution in [0.1, 0.15) is 12.0 Å². The summed E-state index contributed by atoms with van der Waals surface area (Å²) >= 11 is 0. The maximum absolute atomic E-state index is 5.32. The molecule has 2 rings (SSSR count).